The largest absolute Gasteiger partial charge is 0.329 e. The fraction of sp³-hybridized carbons (Fsp3) is 0.588. The maximum atomic E-state index is 12.6. The van der Waals surface area contributed by atoms with Gasteiger partial charge in [-0.3, -0.25) is 4.79 Å². The topological polar surface area (TPSA) is 55.1 Å². The minimum absolute atomic E-state index is 0.0974. The molecule has 110 valence electrons. The van der Waals surface area contributed by atoms with E-state index in [9.17, 15) is 4.79 Å². The molecule has 0 spiro atoms. The van der Waals surface area contributed by atoms with Crippen LogP contribution in [0, 0.1) is 11.3 Å². The Balaban J connectivity index is 2.09. The zero-order chi connectivity index (χ0) is 14.6. The Morgan fingerprint density at radius 1 is 1.40 bits per heavy atom. The second-order valence-electron chi connectivity index (χ2n) is 6.18. The molecule has 0 saturated heterocycles. The molecule has 0 aliphatic heterocycles. The van der Waals surface area contributed by atoms with Gasteiger partial charge >= 0.3 is 0 Å². The molecule has 1 aliphatic carbocycles. The van der Waals surface area contributed by atoms with Crippen LogP contribution in [0.4, 0.5) is 5.69 Å². The first kappa shape index (κ1) is 15.0. The highest BCUT2D eigenvalue weighted by molar-refractivity contribution is 5.95. The lowest BCUT2D eigenvalue weighted by atomic mass is 9.70. The van der Waals surface area contributed by atoms with E-state index in [4.69, 9.17) is 5.73 Å². The quantitative estimate of drug-likeness (QED) is 0.884. The molecule has 0 aromatic heterocycles. The minimum Gasteiger partial charge on any atom is -0.329 e. The Labute approximate surface area is 121 Å². The molecule has 1 amide bonds. The lowest BCUT2D eigenvalue weighted by molar-refractivity contribution is -0.127. The summed E-state index contributed by atoms with van der Waals surface area (Å²) in [7, 11) is 0. The SMILES string of the molecule is CCc1cccc(NC(=O)C2(CN)CCC(C)CC2)c1. The zero-order valence-corrected chi connectivity index (χ0v) is 12.6. The first-order chi connectivity index (χ1) is 9.59. The number of benzene rings is 1. The van der Waals surface area contributed by atoms with E-state index in [0.717, 1.165) is 37.8 Å². The van der Waals surface area contributed by atoms with Gasteiger partial charge in [-0.25, -0.2) is 0 Å². The number of aryl methyl sites for hydroxylation is 1. The first-order valence-electron chi connectivity index (χ1n) is 7.70. The summed E-state index contributed by atoms with van der Waals surface area (Å²) in [6.45, 7) is 4.81. The van der Waals surface area contributed by atoms with E-state index in [2.05, 4.69) is 25.2 Å². The van der Waals surface area contributed by atoms with Crippen molar-refractivity contribution in [1.82, 2.24) is 0 Å². The number of amides is 1. The number of hydrogen-bond donors (Lipinski definition) is 2. The van der Waals surface area contributed by atoms with Crippen LogP contribution in [0.25, 0.3) is 0 Å². The summed E-state index contributed by atoms with van der Waals surface area (Å²) in [6.07, 6.45) is 4.98. The van der Waals surface area contributed by atoms with Gasteiger partial charge in [-0.15, -0.1) is 0 Å². The molecule has 0 atom stereocenters. The van der Waals surface area contributed by atoms with Crippen molar-refractivity contribution in [3.8, 4) is 0 Å². The van der Waals surface area contributed by atoms with Crippen LogP contribution in [0.15, 0.2) is 24.3 Å². The Morgan fingerprint density at radius 3 is 2.70 bits per heavy atom. The summed E-state index contributed by atoms with van der Waals surface area (Å²) in [5, 5.41) is 3.07. The molecule has 3 N–H and O–H groups in total. The molecule has 1 saturated carbocycles. The van der Waals surface area contributed by atoms with E-state index in [-0.39, 0.29) is 11.3 Å². The van der Waals surface area contributed by atoms with Crippen molar-refractivity contribution in [3.05, 3.63) is 29.8 Å². The van der Waals surface area contributed by atoms with Crippen LogP contribution in [-0.4, -0.2) is 12.5 Å². The number of carbonyl (C=O) groups is 1. The fourth-order valence-electron chi connectivity index (χ4n) is 2.97. The minimum atomic E-state index is -0.366. The normalized spacial score (nSPS) is 26.2. The van der Waals surface area contributed by atoms with Crippen molar-refractivity contribution >= 4 is 11.6 Å². The Kier molecular flexibility index (Phi) is 4.81. The van der Waals surface area contributed by atoms with E-state index in [1.807, 2.05) is 18.2 Å². The van der Waals surface area contributed by atoms with Crippen molar-refractivity contribution in [2.45, 2.75) is 46.0 Å². The van der Waals surface area contributed by atoms with Gasteiger partial charge in [-0.2, -0.15) is 0 Å². The van der Waals surface area contributed by atoms with E-state index in [1.54, 1.807) is 0 Å². The first-order valence-corrected chi connectivity index (χ1v) is 7.70. The lowest BCUT2D eigenvalue weighted by Gasteiger charge is -2.37. The van der Waals surface area contributed by atoms with Crippen LogP contribution in [0.2, 0.25) is 0 Å². The third kappa shape index (κ3) is 3.21. The van der Waals surface area contributed by atoms with Crippen LogP contribution >= 0.6 is 0 Å². The van der Waals surface area contributed by atoms with Gasteiger partial charge in [0.15, 0.2) is 0 Å². The van der Waals surface area contributed by atoms with Crippen molar-refractivity contribution in [2.75, 3.05) is 11.9 Å². The third-order valence-corrected chi connectivity index (χ3v) is 4.70. The van der Waals surface area contributed by atoms with E-state index in [0.29, 0.717) is 12.5 Å². The molecule has 3 heteroatoms. The van der Waals surface area contributed by atoms with Gasteiger partial charge in [0.2, 0.25) is 5.91 Å². The van der Waals surface area contributed by atoms with Gasteiger partial charge in [0.1, 0.15) is 0 Å². The van der Waals surface area contributed by atoms with Crippen molar-refractivity contribution in [1.29, 1.82) is 0 Å². The van der Waals surface area contributed by atoms with Crippen LogP contribution in [0.5, 0.6) is 0 Å². The van der Waals surface area contributed by atoms with Gasteiger partial charge in [0.25, 0.3) is 0 Å². The maximum Gasteiger partial charge on any atom is 0.231 e. The lowest BCUT2D eigenvalue weighted by Crippen LogP contribution is -2.44. The summed E-state index contributed by atoms with van der Waals surface area (Å²) >= 11 is 0. The van der Waals surface area contributed by atoms with E-state index >= 15 is 0 Å². The average Bonchev–Trinajstić information content (AvgIpc) is 2.48. The van der Waals surface area contributed by atoms with Crippen molar-refractivity contribution < 1.29 is 4.79 Å². The molecule has 0 radical (unpaired) electrons. The molecule has 1 aromatic carbocycles. The maximum absolute atomic E-state index is 12.6. The average molecular weight is 274 g/mol. The highest BCUT2D eigenvalue weighted by atomic mass is 16.2. The van der Waals surface area contributed by atoms with Gasteiger partial charge in [-0.05, 0) is 55.7 Å². The van der Waals surface area contributed by atoms with Crippen molar-refractivity contribution in [3.63, 3.8) is 0 Å². The molecule has 1 aliphatic rings. The van der Waals surface area contributed by atoms with Gasteiger partial charge in [0, 0.05) is 12.2 Å². The molecule has 0 heterocycles. The summed E-state index contributed by atoms with van der Waals surface area (Å²) in [5.74, 6) is 0.811. The molecule has 0 bridgehead atoms. The molecule has 20 heavy (non-hydrogen) atoms. The second-order valence-corrected chi connectivity index (χ2v) is 6.18. The summed E-state index contributed by atoms with van der Waals surface area (Å²) in [5.41, 5.74) is 7.69. The molecule has 2 rings (SSSR count). The van der Waals surface area contributed by atoms with Gasteiger partial charge in [-0.1, -0.05) is 26.0 Å². The monoisotopic (exact) mass is 274 g/mol. The van der Waals surface area contributed by atoms with Crippen LogP contribution < -0.4 is 11.1 Å². The highest BCUT2D eigenvalue weighted by Crippen LogP contribution is 2.39. The number of anilines is 1. The third-order valence-electron chi connectivity index (χ3n) is 4.70. The fourth-order valence-corrected chi connectivity index (χ4v) is 2.97. The van der Waals surface area contributed by atoms with Gasteiger partial charge in [0.05, 0.1) is 5.41 Å². The van der Waals surface area contributed by atoms with Crippen molar-refractivity contribution in [2.24, 2.45) is 17.1 Å². The Bertz CT molecular complexity index is 462. The van der Waals surface area contributed by atoms with E-state index in [1.165, 1.54) is 5.56 Å². The summed E-state index contributed by atoms with van der Waals surface area (Å²) < 4.78 is 0. The molecular weight excluding hydrogens is 248 g/mol. The molecule has 0 unspecified atom stereocenters. The predicted molar refractivity (Wildman–Crippen MR) is 83.6 cm³/mol. The smallest absolute Gasteiger partial charge is 0.231 e. The number of rotatable bonds is 4. The number of carbonyl (C=O) groups excluding carboxylic acids is 1. The Hall–Kier alpha value is -1.35. The van der Waals surface area contributed by atoms with Gasteiger partial charge < -0.3 is 11.1 Å². The van der Waals surface area contributed by atoms with Crippen LogP contribution in [0.3, 0.4) is 0 Å². The zero-order valence-electron chi connectivity index (χ0n) is 12.6. The number of nitrogens with one attached hydrogen (secondary N) is 1. The molecule has 1 fully saturated rings. The molecule has 3 nitrogen and oxygen atoms in total. The summed E-state index contributed by atoms with van der Waals surface area (Å²) in [4.78, 5) is 12.6. The summed E-state index contributed by atoms with van der Waals surface area (Å²) in [6, 6.07) is 8.07. The second kappa shape index (κ2) is 6.40. The predicted octanol–water partition coefficient (Wildman–Crippen LogP) is 3.34. The Morgan fingerprint density at radius 2 is 2.10 bits per heavy atom. The number of hydrogen-bond acceptors (Lipinski definition) is 2. The van der Waals surface area contributed by atoms with E-state index < -0.39 is 0 Å². The van der Waals surface area contributed by atoms with Crippen LogP contribution in [0.1, 0.15) is 45.1 Å². The molecule has 1 aromatic rings. The molecular formula is C17H26N2O. The highest BCUT2D eigenvalue weighted by Gasteiger charge is 2.39. The number of nitrogens with two attached hydrogens (primary N) is 1. The standard InChI is InChI=1S/C17H26N2O/c1-3-14-5-4-6-15(11-14)19-16(20)17(12-18)9-7-13(2)8-10-17/h4-6,11,13H,3,7-10,12,18H2,1-2H3,(H,19,20). The van der Waals surface area contributed by atoms with Crippen LogP contribution in [-0.2, 0) is 11.2 Å².